The minimum Gasteiger partial charge on any atom is -0.493 e. The van der Waals surface area contributed by atoms with E-state index < -0.39 is 6.10 Å². The molecule has 0 heterocycles. The lowest BCUT2D eigenvalue weighted by Gasteiger charge is -2.16. The van der Waals surface area contributed by atoms with Crippen molar-refractivity contribution < 1.29 is 14.6 Å². The lowest BCUT2D eigenvalue weighted by molar-refractivity contribution is 0.219. The van der Waals surface area contributed by atoms with Crippen LogP contribution in [-0.2, 0) is 0 Å². The predicted molar refractivity (Wildman–Crippen MR) is 80.1 cm³/mol. The average molecular weight is 313 g/mol. The number of benzene rings is 2. The van der Waals surface area contributed by atoms with Gasteiger partial charge in [-0.3, -0.25) is 0 Å². The summed E-state index contributed by atoms with van der Waals surface area (Å²) in [6, 6.07) is 10.3. The molecule has 106 valence electrons. The fraction of sp³-hybridized carbons (Fsp3) is 0.200. The summed E-state index contributed by atoms with van der Waals surface area (Å²) in [4.78, 5) is 0. The second-order valence-corrected chi connectivity index (χ2v) is 5.03. The quantitative estimate of drug-likeness (QED) is 0.924. The molecule has 3 nitrogen and oxygen atoms in total. The van der Waals surface area contributed by atoms with Crippen molar-refractivity contribution in [2.75, 3.05) is 14.2 Å². The Kier molecular flexibility index (Phi) is 4.76. The normalized spacial score (nSPS) is 12.1. The minimum absolute atomic E-state index is 0.398. The van der Waals surface area contributed by atoms with Crippen molar-refractivity contribution in [3.05, 3.63) is 57.6 Å². The van der Waals surface area contributed by atoms with E-state index in [0.29, 0.717) is 32.7 Å². The van der Waals surface area contributed by atoms with Gasteiger partial charge in [0.05, 0.1) is 19.2 Å². The van der Waals surface area contributed by atoms with Crippen LogP contribution in [0.4, 0.5) is 0 Å². The molecule has 0 aliphatic rings. The predicted octanol–water partition coefficient (Wildman–Crippen LogP) is 4.09. The molecule has 0 aromatic heterocycles. The average Bonchev–Trinajstić information content (AvgIpc) is 2.46. The molecule has 1 atom stereocenters. The fourth-order valence-electron chi connectivity index (χ4n) is 1.94. The van der Waals surface area contributed by atoms with E-state index >= 15 is 0 Å². The maximum atomic E-state index is 10.4. The molecule has 20 heavy (non-hydrogen) atoms. The molecule has 0 bridgehead atoms. The van der Waals surface area contributed by atoms with E-state index in [9.17, 15) is 5.11 Å². The van der Waals surface area contributed by atoms with Gasteiger partial charge in [0.2, 0.25) is 0 Å². The van der Waals surface area contributed by atoms with Crippen molar-refractivity contribution in [2.24, 2.45) is 0 Å². The van der Waals surface area contributed by atoms with Gasteiger partial charge in [0.15, 0.2) is 11.5 Å². The van der Waals surface area contributed by atoms with E-state index in [1.807, 2.05) is 0 Å². The molecule has 0 aliphatic heterocycles. The Morgan fingerprint density at radius 2 is 1.65 bits per heavy atom. The van der Waals surface area contributed by atoms with Gasteiger partial charge in [0.1, 0.15) is 6.10 Å². The van der Waals surface area contributed by atoms with E-state index in [4.69, 9.17) is 32.7 Å². The maximum Gasteiger partial charge on any atom is 0.162 e. The summed E-state index contributed by atoms with van der Waals surface area (Å²) in [5.74, 6) is 1.02. The largest absolute Gasteiger partial charge is 0.493 e. The Morgan fingerprint density at radius 1 is 1.00 bits per heavy atom. The van der Waals surface area contributed by atoms with Gasteiger partial charge in [0, 0.05) is 16.7 Å². The molecule has 2 aromatic rings. The van der Waals surface area contributed by atoms with Gasteiger partial charge in [-0.1, -0.05) is 35.3 Å². The molecule has 2 aromatic carbocycles. The molecular weight excluding hydrogens is 299 g/mol. The van der Waals surface area contributed by atoms with E-state index in [2.05, 4.69) is 0 Å². The van der Waals surface area contributed by atoms with E-state index in [-0.39, 0.29) is 0 Å². The Labute approximate surface area is 127 Å². The molecule has 0 aliphatic carbocycles. The van der Waals surface area contributed by atoms with E-state index in [0.717, 1.165) is 0 Å². The Morgan fingerprint density at radius 3 is 2.25 bits per heavy atom. The molecule has 1 N–H and O–H groups in total. The van der Waals surface area contributed by atoms with Crippen molar-refractivity contribution in [2.45, 2.75) is 6.10 Å². The second-order valence-electron chi connectivity index (χ2n) is 4.19. The zero-order valence-corrected chi connectivity index (χ0v) is 12.6. The molecule has 0 amide bonds. The highest BCUT2D eigenvalue weighted by atomic mass is 35.5. The third-order valence-corrected chi connectivity index (χ3v) is 3.52. The van der Waals surface area contributed by atoms with Crippen molar-refractivity contribution in [1.82, 2.24) is 0 Å². The topological polar surface area (TPSA) is 38.7 Å². The summed E-state index contributed by atoms with van der Waals surface area (Å²) in [5, 5.41) is 11.4. The summed E-state index contributed by atoms with van der Waals surface area (Å²) in [5.41, 5.74) is 1.19. The van der Waals surface area contributed by atoms with E-state index in [1.165, 1.54) is 14.2 Å². The van der Waals surface area contributed by atoms with Crippen LogP contribution in [0.3, 0.4) is 0 Å². The Balaban J connectivity index is 2.46. The fourth-order valence-corrected chi connectivity index (χ4v) is 2.39. The molecule has 5 heteroatoms. The van der Waals surface area contributed by atoms with Crippen LogP contribution >= 0.6 is 23.2 Å². The van der Waals surface area contributed by atoms with Gasteiger partial charge in [-0.2, -0.15) is 0 Å². The standard InChI is InChI=1S/C15H14Cl2O3/c1-19-13-7-11(12(17)8-14(13)20-2)15(18)9-4-3-5-10(16)6-9/h3-8,15,18H,1-2H3. The number of hydrogen-bond acceptors (Lipinski definition) is 3. The molecule has 0 fully saturated rings. The molecule has 2 rings (SSSR count). The van der Waals surface area contributed by atoms with Gasteiger partial charge >= 0.3 is 0 Å². The molecule has 0 spiro atoms. The zero-order valence-electron chi connectivity index (χ0n) is 11.1. The molecule has 0 radical (unpaired) electrons. The van der Waals surface area contributed by atoms with Crippen LogP contribution in [0.25, 0.3) is 0 Å². The van der Waals surface area contributed by atoms with E-state index in [1.54, 1.807) is 36.4 Å². The third kappa shape index (κ3) is 3.01. The number of rotatable bonds is 4. The van der Waals surface area contributed by atoms with Crippen molar-refractivity contribution in [3.63, 3.8) is 0 Å². The number of ether oxygens (including phenoxy) is 2. The number of aliphatic hydroxyl groups is 1. The number of aliphatic hydroxyl groups excluding tert-OH is 1. The number of methoxy groups -OCH3 is 2. The zero-order chi connectivity index (χ0) is 14.7. The summed E-state index contributed by atoms with van der Waals surface area (Å²) in [7, 11) is 3.06. The van der Waals surface area contributed by atoms with Gasteiger partial charge < -0.3 is 14.6 Å². The lowest BCUT2D eigenvalue weighted by Crippen LogP contribution is -2.02. The molecular formula is C15H14Cl2O3. The number of halogens is 2. The second kappa shape index (κ2) is 6.35. The SMILES string of the molecule is COc1cc(Cl)c(C(O)c2cccc(Cl)c2)cc1OC. The van der Waals surface area contributed by atoms with Crippen LogP contribution in [-0.4, -0.2) is 19.3 Å². The first-order valence-corrected chi connectivity index (χ1v) is 6.67. The minimum atomic E-state index is -0.888. The van der Waals surface area contributed by atoms with Crippen molar-refractivity contribution >= 4 is 23.2 Å². The van der Waals surface area contributed by atoms with Crippen LogP contribution in [0.15, 0.2) is 36.4 Å². The van der Waals surface area contributed by atoms with Gasteiger partial charge in [0.25, 0.3) is 0 Å². The molecule has 0 saturated carbocycles. The highest BCUT2D eigenvalue weighted by Crippen LogP contribution is 2.38. The van der Waals surface area contributed by atoms with Crippen LogP contribution in [0.2, 0.25) is 10.0 Å². The van der Waals surface area contributed by atoms with Gasteiger partial charge in [-0.25, -0.2) is 0 Å². The van der Waals surface area contributed by atoms with Gasteiger partial charge in [-0.05, 0) is 23.8 Å². The van der Waals surface area contributed by atoms with Crippen molar-refractivity contribution in [1.29, 1.82) is 0 Å². The first-order valence-electron chi connectivity index (χ1n) is 5.91. The first-order chi connectivity index (χ1) is 9.56. The monoisotopic (exact) mass is 312 g/mol. The van der Waals surface area contributed by atoms with Crippen LogP contribution < -0.4 is 9.47 Å². The van der Waals surface area contributed by atoms with Crippen molar-refractivity contribution in [3.8, 4) is 11.5 Å². The van der Waals surface area contributed by atoms with Crippen LogP contribution in [0, 0.1) is 0 Å². The first kappa shape index (κ1) is 15.0. The van der Waals surface area contributed by atoms with Gasteiger partial charge in [-0.15, -0.1) is 0 Å². The molecule has 0 saturated heterocycles. The summed E-state index contributed by atoms with van der Waals surface area (Å²) >= 11 is 12.1. The van der Waals surface area contributed by atoms with Crippen LogP contribution in [0.5, 0.6) is 11.5 Å². The smallest absolute Gasteiger partial charge is 0.162 e. The van der Waals surface area contributed by atoms with Crippen LogP contribution in [0.1, 0.15) is 17.2 Å². The summed E-state index contributed by atoms with van der Waals surface area (Å²) in [6.45, 7) is 0. The number of hydrogen-bond donors (Lipinski definition) is 1. The molecule has 1 unspecified atom stereocenters. The highest BCUT2D eigenvalue weighted by Gasteiger charge is 2.18. The maximum absolute atomic E-state index is 10.4. The summed E-state index contributed by atoms with van der Waals surface area (Å²) in [6.07, 6.45) is -0.888. The third-order valence-electron chi connectivity index (χ3n) is 2.96. The summed E-state index contributed by atoms with van der Waals surface area (Å²) < 4.78 is 10.4. The Hall–Kier alpha value is -1.42. The highest BCUT2D eigenvalue weighted by molar-refractivity contribution is 6.31. The Bertz CT molecular complexity index is 614. The lowest BCUT2D eigenvalue weighted by atomic mass is 10.0.